The van der Waals surface area contributed by atoms with Crippen molar-refractivity contribution in [1.82, 2.24) is 4.98 Å². The molecule has 1 aliphatic rings. The number of rotatable bonds is 2. The zero-order valence-electron chi connectivity index (χ0n) is 10.4. The number of para-hydroxylation sites is 1. The first-order valence-electron chi connectivity index (χ1n) is 6.28. The van der Waals surface area contributed by atoms with E-state index < -0.39 is 0 Å². The lowest BCUT2D eigenvalue weighted by Gasteiger charge is -2.14. The minimum Gasteiger partial charge on any atom is -0.490 e. The van der Waals surface area contributed by atoms with Crippen LogP contribution in [-0.2, 0) is 4.74 Å². The Hall–Kier alpha value is -2.36. The summed E-state index contributed by atoms with van der Waals surface area (Å²) in [7, 11) is 0. The van der Waals surface area contributed by atoms with Crippen molar-refractivity contribution in [1.29, 1.82) is 0 Å². The number of benzene rings is 1. The van der Waals surface area contributed by atoms with Gasteiger partial charge in [-0.15, -0.1) is 0 Å². The fraction of sp³-hybridized carbons (Fsp3) is 0.200. The molecule has 1 aromatic heterocycles. The summed E-state index contributed by atoms with van der Waals surface area (Å²) >= 11 is 0. The monoisotopic (exact) mass is 254 g/mol. The molecule has 0 spiro atoms. The molecule has 0 bridgehead atoms. The average molecular weight is 254 g/mol. The van der Waals surface area contributed by atoms with Crippen molar-refractivity contribution in [2.45, 2.75) is 12.8 Å². The van der Waals surface area contributed by atoms with E-state index in [2.05, 4.69) is 4.98 Å². The van der Waals surface area contributed by atoms with Crippen molar-refractivity contribution in [3.63, 3.8) is 0 Å². The third-order valence-corrected chi connectivity index (χ3v) is 3.14. The van der Waals surface area contributed by atoms with Crippen LogP contribution in [0, 0.1) is 0 Å². The lowest BCUT2D eigenvalue weighted by atomic mass is 10.1. The SMILES string of the molecule is Nc1cc(C(=O)C2=CCCCO2)nc2ccccc12. The lowest BCUT2D eigenvalue weighted by Crippen LogP contribution is -2.13. The van der Waals surface area contributed by atoms with Gasteiger partial charge in [-0.05, 0) is 31.1 Å². The number of ether oxygens (including phenoxy) is 1. The number of allylic oxidation sites excluding steroid dienone is 2. The van der Waals surface area contributed by atoms with E-state index in [1.165, 1.54) is 0 Å². The molecule has 0 saturated heterocycles. The number of carbonyl (C=O) groups excluding carboxylic acids is 1. The second-order valence-electron chi connectivity index (χ2n) is 4.50. The van der Waals surface area contributed by atoms with Crippen LogP contribution in [0.5, 0.6) is 0 Å². The molecule has 2 N–H and O–H groups in total. The molecule has 0 fully saturated rings. The van der Waals surface area contributed by atoms with Crippen LogP contribution in [0.25, 0.3) is 10.9 Å². The van der Waals surface area contributed by atoms with E-state index in [0.717, 1.165) is 23.7 Å². The standard InChI is InChI=1S/C15H14N2O2/c16-11-9-13(15(18)14-7-3-4-8-19-14)17-12-6-2-1-5-10(11)12/h1-2,5-7,9H,3-4,8H2,(H2,16,17). The fourth-order valence-electron chi connectivity index (χ4n) is 2.16. The van der Waals surface area contributed by atoms with Crippen LogP contribution in [0.2, 0.25) is 0 Å². The molecule has 0 saturated carbocycles. The van der Waals surface area contributed by atoms with Gasteiger partial charge >= 0.3 is 0 Å². The number of nitrogen functional groups attached to an aromatic ring is 1. The predicted molar refractivity (Wildman–Crippen MR) is 73.8 cm³/mol. The Labute approximate surface area is 110 Å². The van der Waals surface area contributed by atoms with Crippen LogP contribution >= 0.6 is 0 Å². The Morgan fingerprint density at radius 2 is 2.16 bits per heavy atom. The lowest BCUT2D eigenvalue weighted by molar-refractivity contribution is 0.0894. The summed E-state index contributed by atoms with van der Waals surface area (Å²) in [5, 5.41) is 0.859. The smallest absolute Gasteiger partial charge is 0.245 e. The number of anilines is 1. The van der Waals surface area contributed by atoms with E-state index in [0.29, 0.717) is 23.7 Å². The van der Waals surface area contributed by atoms with Gasteiger partial charge in [-0.25, -0.2) is 4.98 Å². The number of aromatic nitrogens is 1. The highest BCUT2D eigenvalue weighted by Gasteiger charge is 2.18. The van der Waals surface area contributed by atoms with E-state index in [1.807, 2.05) is 30.3 Å². The molecule has 0 unspecified atom stereocenters. The van der Waals surface area contributed by atoms with E-state index in [9.17, 15) is 4.79 Å². The summed E-state index contributed by atoms with van der Waals surface area (Å²) in [6.45, 7) is 0.584. The van der Waals surface area contributed by atoms with Crippen LogP contribution < -0.4 is 5.73 Å². The maximum atomic E-state index is 12.3. The van der Waals surface area contributed by atoms with Crippen LogP contribution in [0.1, 0.15) is 23.3 Å². The second kappa shape index (κ2) is 4.72. The van der Waals surface area contributed by atoms with Gasteiger partial charge in [0.2, 0.25) is 5.78 Å². The molecule has 0 aliphatic carbocycles. The van der Waals surface area contributed by atoms with E-state index >= 15 is 0 Å². The molecule has 0 radical (unpaired) electrons. The first-order chi connectivity index (χ1) is 9.25. The Bertz CT molecular complexity index is 677. The topological polar surface area (TPSA) is 65.2 Å². The van der Waals surface area contributed by atoms with Crippen LogP contribution in [0.3, 0.4) is 0 Å². The Kier molecular flexibility index (Phi) is 2.91. The van der Waals surface area contributed by atoms with E-state index in [-0.39, 0.29) is 5.78 Å². The number of ketones is 1. The summed E-state index contributed by atoms with van der Waals surface area (Å²) in [6.07, 6.45) is 3.63. The summed E-state index contributed by atoms with van der Waals surface area (Å²) in [5.74, 6) is 0.186. The summed E-state index contributed by atoms with van der Waals surface area (Å²) < 4.78 is 5.38. The van der Waals surface area contributed by atoms with Gasteiger partial charge < -0.3 is 10.5 Å². The number of nitrogens with two attached hydrogens (primary N) is 1. The molecule has 4 nitrogen and oxygen atoms in total. The summed E-state index contributed by atoms with van der Waals surface area (Å²) in [4.78, 5) is 16.6. The molecule has 1 aliphatic heterocycles. The third kappa shape index (κ3) is 2.17. The first kappa shape index (κ1) is 11.7. The number of Topliss-reactive ketones (excluding diaryl/α,β-unsaturated/α-hetero) is 1. The quantitative estimate of drug-likeness (QED) is 0.837. The molecule has 2 aromatic rings. The maximum absolute atomic E-state index is 12.3. The highest BCUT2D eigenvalue weighted by Crippen LogP contribution is 2.22. The normalized spacial score (nSPS) is 14.8. The van der Waals surface area contributed by atoms with Crippen LogP contribution in [0.15, 0.2) is 42.2 Å². The predicted octanol–water partition coefficient (Wildman–Crippen LogP) is 2.69. The highest BCUT2D eigenvalue weighted by atomic mass is 16.5. The van der Waals surface area contributed by atoms with Gasteiger partial charge in [-0.3, -0.25) is 4.79 Å². The molecular formula is C15H14N2O2. The van der Waals surface area contributed by atoms with Gasteiger partial charge in [-0.1, -0.05) is 18.2 Å². The average Bonchev–Trinajstić information content (AvgIpc) is 2.47. The summed E-state index contributed by atoms with van der Waals surface area (Å²) in [5.41, 5.74) is 7.59. The van der Waals surface area contributed by atoms with Gasteiger partial charge in [0.15, 0.2) is 5.76 Å². The highest BCUT2D eigenvalue weighted by molar-refractivity contribution is 6.08. The maximum Gasteiger partial charge on any atom is 0.245 e. The van der Waals surface area contributed by atoms with Crippen molar-refractivity contribution in [3.05, 3.63) is 47.9 Å². The molecule has 19 heavy (non-hydrogen) atoms. The largest absolute Gasteiger partial charge is 0.490 e. The number of hydrogen-bond acceptors (Lipinski definition) is 4. The number of carbonyl (C=O) groups is 1. The van der Waals surface area contributed by atoms with Crippen molar-refractivity contribution in [3.8, 4) is 0 Å². The Morgan fingerprint density at radius 3 is 2.95 bits per heavy atom. The molecule has 1 aromatic carbocycles. The minimum atomic E-state index is -0.197. The van der Waals surface area contributed by atoms with Gasteiger partial charge in [0.1, 0.15) is 5.69 Å². The Balaban J connectivity index is 2.05. The number of fused-ring (bicyclic) bond motifs is 1. The number of hydrogen-bond donors (Lipinski definition) is 1. The molecule has 2 heterocycles. The van der Waals surface area contributed by atoms with Gasteiger partial charge in [0.25, 0.3) is 0 Å². The molecule has 96 valence electrons. The third-order valence-electron chi connectivity index (χ3n) is 3.14. The van der Waals surface area contributed by atoms with E-state index in [4.69, 9.17) is 10.5 Å². The van der Waals surface area contributed by atoms with Crippen LogP contribution in [-0.4, -0.2) is 17.4 Å². The zero-order chi connectivity index (χ0) is 13.2. The fourth-order valence-corrected chi connectivity index (χ4v) is 2.16. The van der Waals surface area contributed by atoms with Crippen molar-refractivity contribution >= 4 is 22.4 Å². The second-order valence-corrected chi connectivity index (χ2v) is 4.50. The minimum absolute atomic E-state index is 0.197. The van der Waals surface area contributed by atoms with Gasteiger partial charge in [-0.2, -0.15) is 0 Å². The summed E-state index contributed by atoms with van der Waals surface area (Å²) in [6, 6.07) is 9.12. The molecule has 4 heteroatoms. The van der Waals surface area contributed by atoms with Gasteiger partial charge in [0, 0.05) is 11.1 Å². The molecule has 0 atom stereocenters. The van der Waals surface area contributed by atoms with Crippen LogP contribution in [0.4, 0.5) is 5.69 Å². The van der Waals surface area contributed by atoms with Crippen molar-refractivity contribution in [2.75, 3.05) is 12.3 Å². The number of pyridine rings is 1. The molecule has 0 amide bonds. The zero-order valence-corrected chi connectivity index (χ0v) is 10.4. The molecule has 3 rings (SSSR count). The van der Waals surface area contributed by atoms with Gasteiger partial charge in [0.05, 0.1) is 12.1 Å². The first-order valence-corrected chi connectivity index (χ1v) is 6.28. The van der Waals surface area contributed by atoms with E-state index in [1.54, 1.807) is 6.07 Å². The number of nitrogens with zero attached hydrogens (tertiary/aromatic N) is 1. The van der Waals surface area contributed by atoms with Crippen molar-refractivity contribution < 1.29 is 9.53 Å². The molecular weight excluding hydrogens is 240 g/mol. The Morgan fingerprint density at radius 1 is 1.32 bits per heavy atom. The van der Waals surface area contributed by atoms with Crippen molar-refractivity contribution in [2.24, 2.45) is 0 Å².